The second-order valence-corrected chi connectivity index (χ2v) is 14.8. The molecule has 0 aliphatic heterocycles. The van der Waals surface area contributed by atoms with Crippen LogP contribution in [0.15, 0.2) is 91.0 Å². The van der Waals surface area contributed by atoms with E-state index in [0.717, 1.165) is 19.3 Å². The van der Waals surface area contributed by atoms with Gasteiger partial charge in [0.15, 0.2) is 0 Å². The lowest BCUT2D eigenvalue weighted by Crippen LogP contribution is -2.28. The van der Waals surface area contributed by atoms with E-state index in [4.69, 9.17) is 0 Å². The summed E-state index contributed by atoms with van der Waals surface area (Å²) < 4.78 is 0. The van der Waals surface area contributed by atoms with Crippen molar-refractivity contribution in [2.45, 2.75) is 119 Å². The molecule has 0 aromatic heterocycles. The van der Waals surface area contributed by atoms with Crippen molar-refractivity contribution in [3.63, 3.8) is 0 Å². The maximum atomic E-state index is 2.57. The average Bonchev–Trinajstić information content (AvgIpc) is 3.38. The Kier molecular flexibility index (Phi) is 10.5. The number of fused-ring (bicyclic) bond motifs is 3. The van der Waals surface area contributed by atoms with Crippen LogP contribution in [-0.4, -0.2) is 0 Å². The van der Waals surface area contributed by atoms with Crippen LogP contribution in [0, 0.1) is 34.6 Å². The van der Waals surface area contributed by atoms with Crippen LogP contribution in [0.25, 0.3) is 11.1 Å². The molecule has 1 atom stereocenters. The molecule has 0 heterocycles. The first-order valence-electron chi connectivity index (χ1n) is 19.0. The van der Waals surface area contributed by atoms with Gasteiger partial charge in [0.05, 0.1) is 0 Å². The summed E-state index contributed by atoms with van der Waals surface area (Å²) in [5, 5.41) is 0. The van der Waals surface area contributed by atoms with E-state index in [1.165, 1.54) is 122 Å². The molecule has 1 aliphatic rings. The summed E-state index contributed by atoms with van der Waals surface area (Å²) in [6.45, 7) is 18.1. The van der Waals surface area contributed by atoms with Gasteiger partial charge in [-0.25, -0.2) is 0 Å². The molecule has 0 saturated carbocycles. The van der Waals surface area contributed by atoms with Crippen molar-refractivity contribution in [1.82, 2.24) is 0 Å². The Morgan fingerprint density at radius 1 is 0.469 bits per heavy atom. The van der Waals surface area contributed by atoms with Crippen molar-refractivity contribution in [1.29, 1.82) is 0 Å². The van der Waals surface area contributed by atoms with Crippen LogP contribution in [0.1, 0.15) is 121 Å². The molecule has 49 heavy (non-hydrogen) atoms. The van der Waals surface area contributed by atoms with Gasteiger partial charge in [-0.3, -0.25) is 0 Å². The van der Waals surface area contributed by atoms with Crippen LogP contribution >= 0.6 is 0 Å². The lowest BCUT2D eigenvalue weighted by atomic mass is 9.68. The Hall–Kier alpha value is -4.10. The third-order valence-corrected chi connectivity index (χ3v) is 11.4. The monoisotopic (exact) mass is 647 g/mol. The van der Waals surface area contributed by atoms with Crippen molar-refractivity contribution in [2.75, 3.05) is 4.90 Å². The highest BCUT2D eigenvalue weighted by atomic mass is 15.1. The summed E-state index contributed by atoms with van der Waals surface area (Å²) in [5.74, 6) is 0. The van der Waals surface area contributed by atoms with Gasteiger partial charge in [0, 0.05) is 22.5 Å². The van der Waals surface area contributed by atoms with Crippen molar-refractivity contribution in [3.05, 3.63) is 147 Å². The molecule has 0 spiro atoms. The van der Waals surface area contributed by atoms with Gasteiger partial charge in [-0.1, -0.05) is 119 Å². The number of aryl methyl sites for hydroxylation is 7. The van der Waals surface area contributed by atoms with Gasteiger partial charge < -0.3 is 4.90 Å². The molecule has 5 aromatic rings. The van der Waals surface area contributed by atoms with E-state index in [1.807, 2.05) is 0 Å². The second-order valence-electron chi connectivity index (χ2n) is 14.8. The normalized spacial score (nSPS) is 14.9. The summed E-state index contributed by atoms with van der Waals surface area (Å²) in [5.41, 5.74) is 20.2. The van der Waals surface area contributed by atoms with Gasteiger partial charge in [-0.15, -0.1) is 0 Å². The van der Waals surface area contributed by atoms with Crippen LogP contribution < -0.4 is 4.90 Å². The Morgan fingerprint density at radius 2 is 0.980 bits per heavy atom. The van der Waals surface area contributed by atoms with Crippen LogP contribution in [0.3, 0.4) is 0 Å². The summed E-state index contributed by atoms with van der Waals surface area (Å²) in [6, 6.07) is 36.0. The minimum Gasteiger partial charge on any atom is -0.310 e. The average molecular weight is 648 g/mol. The summed E-state index contributed by atoms with van der Waals surface area (Å²) >= 11 is 0. The van der Waals surface area contributed by atoms with Crippen LogP contribution in [0.2, 0.25) is 0 Å². The van der Waals surface area contributed by atoms with E-state index in [-0.39, 0.29) is 5.41 Å². The zero-order valence-electron chi connectivity index (χ0n) is 31.5. The largest absolute Gasteiger partial charge is 0.310 e. The van der Waals surface area contributed by atoms with Gasteiger partial charge in [-0.05, 0) is 151 Å². The van der Waals surface area contributed by atoms with E-state index < -0.39 is 0 Å². The molecule has 0 fully saturated rings. The van der Waals surface area contributed by atoms with Crippen molar-refractivity contribution in [3.8, 4) is 11.1 Å². The van der Waals surface area contributed by atoms with Crippen molar-refractivity contribution in [2.24, 2.45) is 0 Å². The van der Waals surface area contributed by atoms with E-state index >= 15 is 0 Å². The van der Waals surface area contributed by atoms with Crippen molar-refractivity contribution < 1.29 is 0 Å². The summed E-state index contributed by atoms with van der Waals surface area (Å²) in [6.07, 6.45) is 11.0. The topological polar surface area (TPSA) is 3.24 Å². The fourth-order valence-electron chi connectivity index (χ4n) is 8.14. The van der Waals surface area contributed by atoms with Gasteiger partial charge >= 0.3 is 0 Å². The molecule has 0 bridgehead atoms. The van der Waals surface area contributed by atoms with E-state index in [9.17, 15) is 0 Å². The number of rotatable bonds is 13. The van der Waals surface area contributed by atoms with E-state index in [1.54, 1.807) is 0 Å². The molecule has 5 aromatic carbocycles. The molecular formula is C48H57N. The van der Waals surface area contributed by atoms with Gasteiger partial charge in [0.2, 0.25) is 0 Å². The smallest absolute Gasteiger partial charge is 0.0465 e. The SMILES string of the molecule is CCCCCCCCC1(c2cc(CC)cc(CC)c2)c2cc(C)ccc2-c2ccc(N(c3ccc(C)c(C)c3)c3ccc(C)c(C)c3)cc21. The highest BCUT2D eigenvalue weighted by Gasteiger charge is 2.45. The Labute approximate surface area is 297 Å². The number of hydrogen-bond donors (Lipinski definition) is 0. The minimum absolute atomic E-state index is 0.204. The number of nitrogens with zero attached hydrogens (tertiary/aromatic N) is 1. The molecule has 1 aliphatic carbocycles. The molecular weight excluding hydrogens is 591 g/mol. The van der Waals surface area contributed by atoms with E-state index in [0.29, 0.717) is 0 Å². The molecule has 1 heteroatoms. The third kappa shape index (κ3) is 6.74. The molecule has 254 valence electrons. The highest BCUT2D eigenvalue weighted by molar-refractivity contribution is 5.88. The molecule has 1 nitrogen and oxygen atoms in total. The first-order chi connectivity index (χ1) is 23.7. The Bertz CT molecular complexity index is 1870. The molecule has 1 unspecified atom stereocenters. The minimum atomic E-state index is -0.204. The summed E-state index contributed by atoms with van der Waals surface area (Å²) in [7, 11) is 0. The van der Waals surface area contributed by atoms with Crippen LogP contribution in [0.4, 0.5) is 17.1 Å². The predicted octanol–water partition coefficient (Wildman–Crippen LogP) is 13.9. The van der Waals surface area contributed by atoms with Crippen molar-refractivity contribution >= 4 is 17.1 Å². The van der Waals surface area contributed by atoms with E-state index in [2.05, 4.69) is 151 Å². The summed E-state index contributed by atoms with van der Waals surface area (Å²) in [4.78, 5) is 2.49. The maximum absolute atomic E-state index is 2.57. The number of unbranched alkanes of at least 4 members (excludes halogenated alkanes) is 5. The van der Waals surface area contributed by atoms with Gasteiger partial charge in [0.1, 0.15) is 0 Å². The molecule has 0 amide bonds. The fourth-order valence-corrected chi connectivity index (χ4v) is 8.14. The lowest BCUT2D eigenvalue weighted by Gasteiger charge is -2.35. The maximum Gasteiger partial charge on any atom is 0.0465 e. The van der Waals surface area contributed by atoms with Crippen LogP contribution in [-0.2, 0) is 18.3 Å². The lowest BCUT2D eigenvalue weighted by molar-refractivity contribution is 0.505. The molecule has 0 radical (unpaired) electrons. The zero-order chi connectivity index (χ0) is 34.7. The predicted molar refractivity (Wildman–Crippen MR) is 213 cm³/mol. The Morgan fingerprint density at radius 3 is 1.55 bits per heavy atom. The van der Waals surface area contributed by atoms with Crippen LogP contribution in [0.5, 0.6) is 0 Å². The molecule has 6 rings (SSSR count). The van der Waals surface area contributed by atoms with Gasteiger partial charge in [0.25, 0.3) is 0 Å². The Balaban J connectivity index is 1.61. The quantitative estimate of drug-likeness (QED) is 0.115. The number of benzene rings is 5. The second kappa shape index (κ2) is 14.8. The first-order valence-corrected chi connectivity index (χ1v) is 19.0. The standard InChI is InChI=1S/C48H57N/c1-9-12-13-14-15-16-25-48(40-30-38(10-2)29-39(11-3)31-40)46-26-33(4)17-23-44(46)45-24-22-43(32-47(45)48)49(41-20-18-34(5)36(7)27-41)42-21-19-35(6)37(8)28-42/h17-24,26-32H,9-16,25H2,1-8H3. The number of anilines is 3. The molecule has 0 saturated heterocycles. The third-order valence-electron chi connectivity index (χ3n) is 11.4. The first kappa shape index (κ1) is 34.8. The van der Waals surface area contributed by atoms with Gasteiger partial charge in [-0.2, -0.15) is 0 Å². The number of hydrogen-bond acceptors (Lipinski definition) is 1. The highest BCUT2D eigenvalue weighted by Crippen LogP contribution is 2.57. The zero-order valence-corrected chi connectivity index (χ0v) is 31.5. The molecule has 0 N–H and O–H groups in total. The fraction of sp³-hybridized carbons (Fsp3) is 0.375.